The molecular formula is C14H25N5O. The van der Waals surface area contributed by atoms with Crippen molar-refractivity contribution in [3.63, 3.8) is 0 Å². The number of amides is 1. The molecule has 1 amide bonds. The molecule has 1 rings (SSSR count). The number of aromatic nitrogens is 2. The smallest absolute Gasteiger partial charge is 0.224 e. The van der Waals surface area contributed by atoms with E-state index in [-0.39, 0.29) is 5.91 Å². The second-order valence-corrected chi connectivity index (χ2v) is 5.13. The quantitative estimate of drug-likeness (QED) is 0.676. The Morgan fingerprint density at radius 1 is 1.35 bits per heavy atom. The van der Waals surface area contributed by atoms with E-state index < -0.39 is 0 Å². The molecule has 20 heavy (non-hydrogen) atoms. The second kappa shape index (κ2) is 8.35. The van der Waals surface area contributed by atoms with Gasteiger partial charge in [0.2, 0.25) is 11.9 Å². The molecule has 0 aliphatic rings. The first-order valence-electron chi connectivity index (χ1n) is 7.11. The molecular weight excluding hydrogens is 254 g/mol. The molecule has 0 radical (unpaired) electrons. The van der Waals surface area contributed by atoms with Crippen LogP contribution in [0.5, 0.6) is 0 Å². The molecule has 1 heterocycles. The highest BCUT2D eigenvalue weighted by Crippen LogP contribution is 2.12. The van der Waals surface area contributed by atoms with Crippen molar-refractivity contribution in [2.75, 3.05) is 30.3 Å². The first-order valence-corrected chi connectivity index (χ1v) is 7.11. The molecule has 3 N–H and O–H groups in total. The highest BCUT2D eigenvalue weighted by atomic mass is 16.1. The van der Waals surface area contributed by atoms with Crippen molar-refractivity contribution < 1.29 is 4.79 Å². The maximum absolute atomic E-state index is 11.6. The van der Waals surface area contributed by atoms with Gasteiger partial charge in [-0.05, 0) is 19.8 Å². The minimum Gasteiger partial charge on any atom is -0.369 e. The molecule has 0 unspecified atom stereocenters. The fourth-order valence-corrected chi connectivity index (χ4v) is 1.57. The topological polar surface area (TPSA) is 78.9 Å². The van der Waals surface area contributed by atoms with Crippen LogP contribution in [-0.4, -0.2) is 35.5 Å². The van der Waals surface area contributed by atoms with Gasteiger partial charge in [-0.25, -0.2) is 4.98 Å². The molecule has 0 aromatic carbocycles. The Morgan fingerprint density at radius 3 is 2.75 bits per heavy atom. The van der Waals surface area contributed by atoms with Crippen molar-refractivity contribution in [3.8, 4) is 0 Å². The lowest BCUT2D eigenvalue weighted by Crippen LogP contribution is -2.28. The number of aryl methyl sites for hydroxylation is 1. The van der Waals surface area contributed by atoms with Crippen molar-refractivity contribution in [2.24, 2.45) is 5.92 Å². The summed E-state index contributed by atoms with van der Waals surface area (Å²) in [6.07, 6.45) is 2.21. The van der Waals surface area contributed by atoms with E-state index in [1.807, 2.05) is 13.8 Å². The summed E-state index contributed by atoms with van der Waals surface area (Å²) in [5.41, 5.74) is 0.967. The predicted molar refractivity (Wildman–Crippen MR) is 81.9 cm³/mol. The highest BCUT2D eigenvalue weighted by molar-refractivity contribution is 5.76. The first kappa shape index (κ1) is 16.2. The summed E-state index contributed by atoms with van der Waals surface area (Å²) >= 11 is 0. The summed E-state index contributed by atoms with van der Waals surface area (Å²) in [6, 6.07) is 0. The van der Waals surface area contributed by atoms with Crippen LogP contribution in [0.15, 0.2) is 6.20 Å². The summed E-state index contributed by atoms with van der Waals surface area (Å²) in [4.78, 5) is 20.1. The molecule has 0 aliphatic carbocycles. The Kier molecular flexibility index (Phi) is 6.76. The van der Waals surface area contributed by atoms with Gasteiger partial charge in [0.15, 0.2) is 0 Å². The third-order valence-corrected chi connectivity index (χ3v) is 2.66. The van der Waals surface area contributed by atoms with Gasteiger partial charge in [0.1, 0.15) is 5.82 Å². The summed E-state index contributed by atoms with van der Waals surface area (Å²) in [6.45, 7) is 10.1. The maximum atomic E-state index is 11.6. The number of carbonyl (C=O) groups excluding carboxylic acids is 1. The Hall–Kier alpha value is -1.85. The zero-order chi connectivity index (χ0) is 15.0. The molecule has 112 valence electrons. The van der Waals surface area contributed by atoms with Crippen molar-refractivity contribution in [1.82, 2.24) is 15.3 Å². The summed E-state index contributed by atoms with van der Waals surface area (Å²) in [5, 5.41) is 9.13. The number of rotatable bonds is 8. The van der Waals surface area contributed by atoms with Gasteiger partial charge >= 0.3 is 0 Å². The number of hydrogen-bond donors (Lipinski definition) is 3. The maximum Gasteiger partial charge on any atom is 0.224 e. The van der Waals surface area contributed by atoms with E-state index in [0.717, 1.165) is 24.5 Å². The Bertz CT molecular complexity index is 434. The monoisotopic (exact) mass is 279 g/mol. The van der Waals surface area contributed by atoms with E-state index in [4.69, 9.17) is 0 Å². The average molecular weight is 279 g/mol. The second-order valence-electron chi connectivity index (χ2n) is 5.13. The molecule has 0 bridgehead atoms. The Morgan fingerprint density at radius 2 is 2.10 bits per heavy atom. The molecule has 1 aromatic heterocycles. The largest absolute Gasteiger partial charge is 0.369 e. The van der Waals surface area contributed by atoms with Gasteiger partial charge in [0.05, 0.1) is 0 Å². The normalized spacial score (nSPS) is 10.4. The van der Waals surface area contributed by atoms with E-state index in [9.17, 15) is 4.79 Å². The van der Waals surface area contributed by atoms with Crippen LogP contribution in [0.4, 0.5) is 11.8 Å². The zero-order valence-corrected chi connectivity index (χ0v) is 12.8. The molecule has 6 nitrogen and oxygen atoms in total. The summed E-state index contributed by atoms with van der Waals surface area (Å²) in [5.74, 6) is 1.90. The van der Waals surface area contributed by atoms with Gasteiger partial charge in [-0.2, -0.15) is 4.98 Å². The molecule has 1 aromatic rings. The van der Waals surface area contributed by atoms with Gasteiger partial charge in [0.25, 0.3) is 0 Å². The molecule has 0 atom stereocenters. The number of hydrogen-bond acceptors (Lipinski definition) is 5. The predicted octanol–water partition coefficient (Wildman–Crippen LogP) is 1.79. The van der Waals surface area contributed by atoms with Crippen LogP contribution in [0, 0.1) is 12.8 Å². The van der Waals surface area contributed by atoms with E-state index in [0.29, 0.717) is 24.8 Å². The first-order chi connectivity index (χ1) is 9.52. The molecule has 0 spiro atoms. The van der Waals surface area contributed by atoms with Gasteiger partial charge in [0, 0.05) is 37.8 Å². The van der Waals surface area contributed by atoms with Crippen LogP contribution in [-0.2, 0) is 4.79 Å². The fraction of sp³-hybridized carbons (Fsp3) is 0.643. The zero-order valence-electron chi connectivity index (χ0n) is 12.8. The number of nitrogens with one attached hydrogen (secondary N) is 3. The number of carbonyl (C=O) groups is 1. The highest BCUT2D eigenvalue weighted by Gasteiger charge is 2.05. The van der Waals surface area contributed by atoms with Crippen molar-refractivity contribution in [2.45, 2.75) is 34.1 Å². The summed E-state index contributed by atoms with van der Waals surface area (Å²) < 4.78 is 0. The van der Waals surface area contributed by atoms with Crippen LogP contribution >= 0.6 is 0 Å². The van der Waals surface area contributed by atoms with Crippen LogP contribution in [0.2, 0.25) is 0 Å². The van der Waals surface area contributed by atoms with Gasteiger partial charge < -0.3 is 16.0 Å². The molecule has 0 aliphatic heterocycles. The van der Waals surface area contributed by atoms with E-state index in [1.54, 1.807) is 6.20 Å². The third kappa shape index (κ3) is 5.86. The minimum absolute atomic E-state index is 0.0600. The fourth-order valence-electron chi connectivity index (χ4n) is 1.57. The van der Waals surface area contributed by atoms with Crippen LogP contribution in [0.3, 0.4) is 0 Å². The van der Waals surface area contributed by atoms with Crippen LogP contribution in [0.25, 0.3) is 0 Å². The molecule has 0 saturated carbocycles. The van der Waals surface area contributed by atoms with Crippen molar-refractivity contribution >= 4 is 17.7 Å². The van der Waals surface area contributed by atoms with Gasteiger partial charge in [-0.3, -0.25) is 4.79 Å². The Balaban J connectivity index is 2.41. The average Bonchev–Trinajstić information content (AvgIpc) is 2.40. The lowest BCUT2D eigenvalue weighted by atomic mass is 10.2. The van der Waals surface area contributed by atoms with E-state index in [2.05, 4.69) is 39.8 Å². The van der Waals surface area contributed by atoms with Crippen molar-refractivity contribution in [1.29, 1.82) is 0 Å². The summed E-state index contributed by atoms with van der Waals surface area (Å²) in [7, 11) is 0. The van der Waals surface area contributed by atoms with Crippen LogP contribution in [0.1, 0.15) is 32.8 Å². The van der Waals surface area contributed by atoms with E-state index in [1.165, 1.54) is 0 Å². The van der Waals surface area contributed by atoms with Crippen LogP contribution < -0.4 is 16.0 Å². The molecule has 0 saturated heterocycles. The third-order valence-electron chi connectivity index (χ3n) is 2.66. The lowest BCUT2D eigenvalue weighted by molar-refractivity contribution is -0.120. The van der Waals surface area contributed by atoms with Gasteiger partial charge in [-0.1, -0.05) is 13.8 Å². The SMILES string of the molecule is CCNc1ncc(C)c(NCCC(=O)NCC(C)C)n1. The van der Waals surface area contributed by atoms with E-state index >= 15 is 0 Å². The standard InChI is InChI=1S/C14H25N5O/c1-5-15-14-18-9-11(4)13(19-14)16-7-6-12(20)17-8-10(2)3/h9-10H,5-8H2,1-4H3,(H,17,20)(H2,15,16,18,19). The minimum atomic E-state index is 0.0600. The molecule has 6 heteroatoms. The number of nitrogens with zero attached hydrogens (tertiary/aromatic N) is 2. The molecule has 0 fully saturated rings. The lowest BCUT2D eigenvalue weighted by Gasteiger charge is -2.11. The van der Waals surface area contributed by atoms with Crippen molar-refractivity contribution in [3.05, 3.63) is 11.8 Å². The number of anilines is 2. The Labute approximate surface area is 120 Å². The van der Waals surface area contributed by atoms with Gasteiger partial charge in [-0.15, -0.1) is 0 Å².